The van der Waals surface area contributed by atoms with Gasteiger partial charge in [0.1, 0.15) is 11.8 Å². The van der Waals surface area contributed by atoms with E-state index in [-0.39, 0.29) is 36.2 Å². The lowest BCUT2D eigenvalue weighted by Crippen LogP contribution is -2.49. The van der Waals surface area contributed by atoms with Crippen LogP contribution in [0.2, 0.25) is 5.02 Å². The zero-order chi connectivity index (χ0) is 26.0. The second-order valence-corrected chi connectivity index (χ2v) is 10.4. The number of carbonyl (C=O) groups excluding carboxylic acids is 2. The van der Waals surface area contributed by atoms with E-state index in [1.165, 1.54) is 17.5 Å². The molecule has 0 aliphatic heterocycles. The van der Waals surface area contributed by atoms with Crippen LogP contribution < -0.4 is 14.4 Å². The van der Waals surface area contributed by atoms with E-state index in [0.717, 1.165) is 11.8 Å². The lowest BCUT2D eigenvalue weighted by molar-refractivity contribution is -0.141. The normalized spacial score (nSPS) is 12.0. The summed E-state index contributed by atoms with van der Waals surface area (Å²) in [5.41, 5.74) is 1.30. The molecule has 2 rings (SSSR count). The Bertz CT molecular complexity index is 1100. The lowest BCUT2D eigenvalue weighted by atomic mass is 10.1. The summed E-state index contributed by atoms with van der Waals surface area (Å²) in [4.78, 5) is 27.6. The van der Waals surface area contributed by atoms with Gasteiger partial charge < -0.3 is 15.0 Å². The van der Waals surface area contributed by atoms with Gasteiger partial charge in [-0.2, -0.15) is 0 Å². The molecule has 2 aromatic rings. The summed E-state index contributed by atoms with van der Waals surface area (Å²) in [5.74, 6) is 0.0182. The molecule has 1 N–H and O–H groups in total. The Hall–Kier alpha value is -2.78. The largest absolute Gasteiger partial charge is 0.495 e. The molecular weight excluding hydrogens is 490 g/mol. The molecule has 2 aromatic carbocycles. The molecule has 0 bridgehead atoms. The number of rotatable bonds is 13. The van der Waals surface area contributed by atoms with Crippen LogP contribution in [-0.2, 0) is 26.2 Å². The van der Waals surface area contributed by atoms with Crippen molar-refractivity contribution < 1.29 is 22.7 Å². The number of benzene rings is 2. The van der Waals surface area contributed by atoms with E-state index < -0.39 is 16.1 Å². The number of amides is 2. The van der Waals surface area contributed by atoms with Gasteiger partial charge in [0, 0.05) is 26.1 Å². The highest BCUT2D eigenvalue weighted by atomic mass is 35.5. The van der Waals surface area contributed by atoms with Crippen molar-refractivity contribution in [2.75, 3.05) is 30.8 Å². The Balaban J connectivity index is 2.19. The number of sulfonamides is 1. The minimum Gasteiger partial charge on any atom is -0.495 e. The second-order valence-electron chi connectivity index (χ2n) is 8.08. The molecule has 35 heavy (non-hydrogen) atoms. The Morgan fingerprint density at radius 1 is 1.11 bits per heavy atom. The summed E-state index contributed by atoms with van der Waals surface area (Å²) in [5, 5.41) is 3.09. The van der Waals surface area contributed by atoms with Crippen molar-refractivity contribution in [2.45, 2.75) is 45.7 Å². The van der Waals surface area contributed by atoms with Crippen molar-refractivity contribution in [3.63, 3.8) is 0 Å². The Kier molecular flexibility index (Phi) is 10.9. The first-order chi connectivity index (χ1) is 16.6. The fourth-order valence-corrected chi connectivity index (χ4v) is 5.02. The smallest absolute Gasteiger partial charge is 0.242 e. The zero-order valence-corrected chi connectivity index (χ0v) is 22.2. The van der Waals surface area contributed by atoms with Crippen molar-refractivity contribution in [1.82, 2.24) is 10.2 Å². The average Bonchev–Trinajstić information content (AvgIpc) is 2.81. The first kappa shape index (κ1) is 28.5. The summed E-state index contributed by atoms with van der Waals surface area (Å²) in [6, 6.07) is 13.6. The number of nitrogens with one attached hydrogen (secondary N) is 1. The third kappa shape index (κ3) is 8.14. The van der Waals surface area contributed by atoms with Crippen molar-refractivity contribution >= 4 is 39.1 Å². The molecule has 0 aliphatic rings. The first-order valence-corrected chi connectivity index (χ1v) is 13.8. The highest BCUT2D eigenvalue weighted by molar-refractivity contribution is 7.92. The third-order valence-electron chi connectivity index (χ3n) is 5.51. The minimum atomic E-state index is -3.62. The van der Waals surface area contributed by atoms with Crippen molar-refractivity contribution in [2.24, 2.45) is 0 Å². The molecule has 0 heterocycles. The molecule has 0 aliphatic carbocycles. The monoisotopic (exact) mass is 523 g/mol. The highest BCUT2D eigenvalue weighted by Gasteiger charge is 2.28. The molecule has 0 saturated carbocycles. The van der Waals surface area contributed by atoms with Crippen molar-refractivity contribution in [3.05, 3.63) is 59.1 Å². The summed E-state index contributed by atoms with van der Waals surface area (Å²) in [6.45, 7) is 4.54. The quantitative estimate of drug-likeness (QED) is 0.430. The Morgan fingerprint density at radius 2 is 1.80 bits per heavy atom. The van der Waals surface area contributed by atoms with Crippen LogP contribution in [0.3, 0.4) is 0 Å². The van der Waals surface area contributed by atoms with Crippen LogP contribution in [0.15, 0.2) is 48.5 Å². The third-order valence-corrected chi connectivity index (χ3v) is 7.00. The van der Waals surface area contributed by atoms with Gasteiger partial charge in [-0.05, 0) is 43.5 Å². The predicted octanol–water partition coefficient (Wildman–Crippen LogP) is 3.84. The van der Waals surface area contributed by atoms with Crippen LogP contribution in [0.4, 0.5) is 5.69 Å². The van der Waals surface area contributed by atoms with E-state index in [2.05, 4.69) is 5.32 Å². The first-order valence-electron chi connectivity index (χ1n) is 11.5. The summed E-state index contributed by atoms with van der Waals surface area (Å²) in [7, 11) is -2.14. The SMILES string of the molecule is CCNC(=O)C(CC)N(Cc1ccccc1)C(=O)CCCN(c1ccc(OC)c(Cl)c1)S(C)(=O)=O. The van der Waals surface area contributed by atoms with E-state index in [4.69, 9.17) is 16.3 Å². The number of hydrogen-bond acceptors (Lipinski definition) is 5. The molecule has 0 spiro atoms. The Labute approximate surface area is 213 Å². The summed E-state index contributed by atoms with van der Waals surface area (Å²) >= 11 is 6.19. The molecule has 2 amide bonds. The number of nitrogens with zero attached hydrogens (tertiary/aromatic N) is 2. The fourth-order valence-electron chi connectivity index (χ4n) is 3.81. The average molecular weight is 524 g/mol. The number of hydrogen-bond donors (Lipinski definition) is 1. The molecule has 10 heteroatoms. The molecule has 192 valence electrons. The van der Waals surface area contributed by atoms with Gasteiger partial charge in [-0.3, -0.25) is 13.9 Å². The number of likely N-dealkylation sites (N-methyl/N-ethyl adjacent to an activating group) is 1. The van der Waals surface area contributed by atoms with E-state index in [1.807, 2.05) is 44.2 Å². The Morgan fingerprint density at radius 3 is 2.34 bits per heavy atom. The van der Waals surface area contributed by atoms with E-state index in [9.17, 15) is 18.0 Å². The van der Waals surface area contributed by atoms with Gasteiger partial charge in [-0.1, -0.05) is 48.9 Å². The molecular formula is C25H34ClN3O5S. The van der Waals surface area contributed by atoms with Gasteiger partial charge in [0.25, 0.3) is 0 Å². The van der Waals surface area contributed by atoms with Gasteiger partial charge in [0.05, 0.1) is 24.1 Å². The molecule has 0 aromatic heterocycles. The van der Waals surface area contributed by atoms with Crippen LogP contribution in [0.25, 0.3) is 0 Å². The van der Waals surface area contributed by atoms with Crippen molar-refractivity contribution in [3.8, 4) is 5.75 Å². The summed E-state index contributed by atoms with van der Waals surface area (Å²) < 4.78 is 31.3. The van der Waals surface area contributed by atoms with E-state index in [1.54, 1.807) is 17.0 Å². The van der Waals surface area contributed by atoms with Crippen LogP contribution in [0.5, 0.6) is 5.75 Å². The topological polar surface area (TPSA) is 96.0 Å². The number of ether oxygens (including phenoxy) is 1. The van der Waals surface area contributed by atoms with Crippen LogP contribution >= 0.6 is 11.6 Å². The van der Waals surface area contributed by atoms with Gasteiger partial charge >= 0.3 is 0 Å². The van der Waals surface area contributed by atoms with Crippen molar-refractivity contribution in [1.29, 1.82) is 0 Å². The molecule has 0 fully saturated rings. The number of methoxy groups -OCH3 is 1. The van der Waals surface area contributed by atoms with Crippen LogP contribution in [-0.4, -0.2) is 57.6 Å². The molecule has 1 atom stereocenters. The molecule has 0 radical (unpaired) electrons. The number of carbonyl (C=O) groups is 2. The van der Waals surface area contributed by atoms with E-state index >= 15 is 0 Å². The van der Waals surface area contributed by atoms with Gasteiger partial charge in [-0.25, -0.2) is 8.42 Å². The van der Waals surface area contributed by atoms with Crippen LogP contribution in [0, 0.1) is 0 Å². The standard InChI is InChI=1S/C25H34ClN3O5S/c1-5-22(25(31)27-6-2)28(18-19-11-8-7-9-12-19)24(30)13-10-16-29(35(4,32)33)20-14-15-23(34-3)21(26)17-20/h7-9,11-12,14-15,17,22H,5-6,10,13,16,18H2,1-4H3,(H,27,31). The van der Waals surface area contributed by atoms with Gasteiger partial charge in [-0.15, -0.1) is 0 Å². The summed E-state index contributed by atoms with van der Waals surface area (Å²) in [6.07, 6.45) is 1.92. The number of halogens is 1. The van der Waals surface area contributed by atoms with Gasteiger partial charge in [0.15, 0.2) is 0 Å². The lowest BCUT2D eigenvalue weighted by Gasteiger charge is -2.31. The van der Waals surface area contributed by atoms with Gasteiger partial charge in [0.2, 0.25) is 21.8 Å². The molecule has 8 nitrogen and oxygen atoms in total. The van der Waals surface area contributed by atoms with E-state index in [0.29, 0.717) is 30.9 Å². The second kappa shape index (κ2) is 13.3. The predicted molar refractivity (Wildman–Crippen MR) is 139 cm³/mol. The maximum absolute atomic E-state index is 13.3. The minimum absolute atomic E-state index is 0.0820. The molecule has 1 unspecified atom stereocenters. The molecule has 0 saturated heterocycles. The number of anilines is 1. The maximum atomic E-state index is 13.3. The fraction of sp³-hybridized carbons (Fsp3) is 0.440. The maximum Gasteiger partial charge on any atom is 0.242 e. The van der Waals surface area contributed by atoms with Crippen LogP contribution in [0.1, 0.15) is 38.7 Å². The highest BCUT2D eigenvalue weighted by Crippen LogP contribution is 2.30. The zero-order valence-electron chi connectivity index (χ0n) is 20.7.